The van der Waals surface area contributed by atoms with Gasteiger partial charge in [0.2, 0.25) is 0 Å². The van der Waals surface area contributed by atoms with E-state index in [4.69, 9.17) is 10.00 Å². The first-order valence-electron chi connectivity index (χ1n) is 4.12. The normalized spacial score (nSPS) is 11.1. The number of nitriles is 1. The van der Waals surface area contributed by atoms with Gasteiger partial charge in [-0.25, -0.2) is 4.39 Å². The predicted octanol–water partition coefficient (Wildman–Crippen LogP) is 2.38. The molecule has 2 nitrogen and oxygen atoms in total. The number of methoxy groups -OCH3 is 1. The zero-order valence-electron chi connectivity index (χ0n) is 7.83. The van der Waals surface area contributed by atoms with Crippen molar-refractivity contribution < 1.29 is 9.13 Å². The number of hydrogen-bond acceptors (Lipinski definition) is 2. The van der Waals surface area contributed by atoms with Crippen LogP contribution >= 0.6 is 0 Å². The molecule has 14 heavy (non-hydrogen) atoms. The highest BCUT2D eigenvalue weighted by Gasteiger charge is 1.99. The summed E-state index contributed by atoms with van der Waals surface area (Å²) in [6.45, 7) is 0.199. The van der Waals surface area contributed by atoms with Gasteiger partial charge < -0.3 is 4.74 Å². The van der Waals surface area contributed by atoms with Gasteiger partial charge in [0.25, 0.3) is 0 Å². The number of nitrogens with zero attached hydrogens (tertiary/aromatic N) is 1. The van der Waals surface area contributed by atoms with Crippen molar-refractivity contribution in [1.82, 2.24) is 0 Å². The minimum atomic E-state index is -0.337. The molecule has 0 radical (unpaired) electrons. The minimum absolute atomic E-state index is 0.199. The van der Waals surface area contributed by atoms with Crippen molar-refractivity contribution >= 4 is 6.08 Å². The molecule has 3 heteroatoms. The van der Waals surface area contributed by atoms with Gasteiger partial charge in [-0.3, -0.25) is 0 Å². The van der Waals surface area contributed by atoms with E-state index >= 15 is 0 Å². The van der Waals surface area contributed by atoms with Gasteiger partial charge in [-0.05, 0) is 12.1 Å². The summed E-state index contributed by atoms with van der Waals surface area (Å²) in [5.74, 6) is -0.337. The van der Waals surface area contributed by atoms with Crippen LogP contribution in [0.4, 0.5) is 4.39 Å². The highest BCUT2D eigenvalue weighted by molar-refractivity contribution is 5.57. The molecule has 0 amide bonds. The van der Waals surface area contributed by atoms with Gasteiger partial charge in [0.15, 0.2) is 0 Å². The van der Waals surface area contributed by atoms with E-state index in [9.17, 15) is 4.39 Å². The van der Waals surface area contributed by atoms with Gasteiger partial charge in [-0.2, -0.15) is 5.26 Å². The Morgan fingerprint density at radius 3 is 2.86 bits per heavy atom. The average molecular weight is 191 g/mol. The molecule has 0 aliphatic rings. The van der Waals surface area contributed by atoms with Gasteiger partial charge in [0.05, 0.1) is 18.2 Å². The lowest BCUT2D eigenvalue weighted by atomic mass is 10.1. The maximum absolute atomic E-state index is 13.1. The Balaban J connectivity index is 2.96. The lowest BCUT2D eigenvalue weighted by Crippen LogP contribution is -1.92. The summed E-state index contributed by atoms with van der Waals surface area (Å²) in [6, 6.07) is 8.24. The number of ether oxygens (including phenoxy) is 1. The standard InChI is InChI=1S/C11H10FNO/c1-14-8-9(7-13)6-10-4-2-3-5-11(10)12/h2-6H,8H2,1H3/b9-6-. The van der Waals surface area contributed by atoms with Crippen molar-refractivity contribution in [1.29, 1.82) is 5.26 Å². The molecule has 72 valence electrons. The third-order valence-electron chi connectivity index (χ3n) is 1.68. The smallest absolute Gasteiger partial charge is 0.130 e. The number of benzene rings is 1. The molecule has 0 aromatic heterocycles. The Kier molecular flexibility index (Phi) is 3.84. The molecule has 0 spiro atoms. The number of hydrogen-bond donors (Lipinski definition) is 0. The van der Waals surface area contributed by atoms with Gasteiger partial charge in [-0.15, -0.1) is 0 Å². The van der Waals surface area contributed by atoms with Crippen molar-refractivity contribution in [2.75, 3.05) is 13.7 Å². The van der Waals surface area contributed by atoms with Crippen LogP contribution in [-0.4, -0.2) is 13.7 Å². The molecule has 1 aromatic carbocycles. The van der Waals surface area contributed by atoms with Crippen LogP contribution in [0.15, 0.2) is 29.8 Å². The van der Waals surface area contributed by atoms with Crippen LogP contribution in [0.25, 0.3) is 6.08 Å². The fraction of sp³-hybridized carbons (Fsp3) is 0.182. The van der Waals surface area contributed by atoms with Gasteiger partial charge in [-0.1, -0.05) is 18.2 Å². The van der Waals surface area contributed by atoms with E-state index in [0.29, 0.717) is 11.1 Å². The van der Waals surface area contributed by atoms with E-state index in [-0.39, 0.29) is 12.4 Å². The lowest BCUT2D eigenvalue weighted by Gasteiger charge is -1.98. The summed E-state index contributed by atoms with van der Waals surface area (Å²) in [5, 5.41) is 8.69. The third-order valence-corrected chi connectivity index (χ3v) is 1.68. The summed E-state index contributed by atoms with van der Waals surface area (Å²) < 4.78 is 17.9. The van der Waals surface area contributed by atoms with Crippen LogP contribution in [0.1, 0.15) is 5.56 Å². The largest absolute Gasteiger partial charge is 0.379 e. The second kappa shape index (κ2) is 5.15. The SMILES string of the molecule is COC/C(C#N)=C\c1ccccc1F. The number of halogens is 1. The van der Waals surface area contributed by atoms with Crippen molar-refractivity contribution in [3.8, 4) is 6.07 Å². The highest BCUT2D eigenvalue weighted by atomic mass is 19.1. The molecular formula is C11H10FNO. The van der Waals surface area contributed by atoms with Crippen LogP contribution < -0.4 is 0 Å². The molecule has 0 aliphatic carbocycles. The van der Waals surface area contributed by atoms with Crippen LogP contribution in [-0.2, 0) is 4.74 Å². The maximum Gasteiger partial charge on any atom is 0.130 e. The molecule has 0 heterocycles. The van der Waals surface area contributed by atoms with E-state index in [1.165, 1.54) is 19.3 Å². The first-order valence-corrected chi connectivity index (χ1v) is 4.12. The predicted molar refractivity (Wildman–Crippen MR) is 51.9 cm³/mol. The zero-order valence-corrected chi connectivity index (χ0v) is 7.83. The molecule has 0 saturated heterocycles. The van der Waals surface area contributed by atoms with Crippen molar-refractivity contribution in [3.63, 3.8) is 0 Å². The zero-order chi connectivity index (χ0) is 10.4. The maximum atomic E-state index is 13.1. The molecule has 0 fully saturated rings. The Morgan fingerprint density at radius 1 is 1.57 bits per heavy atom. The van der Waals surface area contributed by atoms with E-state index in [1.807, 2.05) is 6.07 Å². The summed E-state index contributed by atoms with van der Waals surface area (Å²) in [7, 11) is 1.49. The first-order chi connectivity index (χ1) is 6.77. The third kappa shape index (κ3) is 2.68. The van der Waals surface area contributed by atoms with Gasteiger partial charge >= 0.3 is 0 Å². The van der Waals surface area contributed by atoms with E-state index < -0.39 is 0 Å². The summed E-state index contributed by atoms with van der Waals surface area (Å²) >= 11 is 0. The van der Waals surface area contributed by atoms with Gasteiger partial charge in [0, 0.05) is 12.7 Å². The summed E-state index contributed by atoms with van der Waals surface area (Å²) in [4.78, 5) is 0. The Morgan fingerprint density at radius 2 is 2.29 bits per heavy atom. The fourth-order valence-corrected chi connectivity index (χ4v) is 1.04. The molecule has 1 aromatic rings. The second-order valence-electron chi connectivity index (χ2n) is 2.74. The van der Waals surface area contributed by atoms with Crippen LogP contribution in [0.2, 0.25) is 0 Å². The van der Waals surface area contributed by atoms with Gasteiger partial charge in [0.1, 0.15) is 5.82 Å². The molecular weight excluding hydrogens is 181 g/mol. The topological polar surface area (TPSA) is 33.0 Å². The number of rotatable bonds is 3. The lowest BCUT2D eigenvalue weighted by molar-refractivity contribution is 0.229. The second-order valence-corrected chi connectivity index (χ2v) is 2.74. The Bertz CT molecular complexity index is 379. The van der Waals surface area contributed by atoms with Crippen molar-refractivity contribution in [2.45, 2.75) is 0 Å². The molecule has 0 saturated carbocycles. The summed E-state index contributed by atoms with van der Waals surface area (Å²) in [6.07, 6.45) is 1.48. The first kappa shape index (κ1) is 10.4. The van der Waals surface area contributed by atoms with Crippen LogP contribution in [0.5, 0.6) is 0 Å². The minimum Gasteiger partial charge on any atom is -0.379 e. The van der Waals surface area contributed by atoms with Crippen LogP contribution in [0, 0.1) is 17.1 Å². The average Bonchev–Trinajstić information content (AvgIpc) is 2.20. The fourth-order valence-electron chi connectivity index (χ4n) is 1.04. The molecule has 0 bridgehead atoms. The molecule has 0 N–H and O–H groups in total. The molecule has 1 rings (SSSR count). The molecule has 0 unspecified atom stereocenters. The monoisotopic (exact) mass is 191 g/mol. The van der Waals surface area contributed by atoms with Crippen molar-refractivity contribution in [2.24, 2.45) is 0 Å². The quantitative estimate of drug-likeness (QED) is 0.687. The van der Waals surface area contributed by atoms with E-state index in [2.05, 4.69) is 0 Å². The van der Waals surface area contributed by atoms with E-state index in [0.717, 1.165) is 0 Å². The molecule has 0 atom stereocenters. The van der Waals surface area contributed by atoms with E-state index in [1.54, 1.807) is 18.2 Å². The Hall–Kier alpha value is -1.66. The van der Waals surface area contributed by atoms with Crippen LogP contribution in [0.3, 0.4) is 0 Å². The Labute approximate surface area is 82.2 Å². The highest BCUT2D eigenvalue weighted by Crippen LogP contribution is 2.11. The molecule has 0 aliphatic heterocycles. The van der Waals surface area contributed by atoms with Crippen molar-refractivity contribution in [3.05, 3.63) is 41.2 Å². The summed E-state index contributed by atoms with van der Waals surface area (Å²) in [5.41, 5.74) is 0.804.